The van der Waals surface area contributed by atoms with Gasteiger partial charge in [0.05, 0.1) is 18.4 Å². The molecule has 0 saturated carbocycles. The lowest BCUT2D eigenvalue weighted by atomic mass is 10.1. The van der Waals surface area contributed by atoms with Gasteiger partial charge in [-0.05, 0) is 55.5 Å². The van der Waals surface area contributed by atoms with Crippen molar-refractivity contribution < 1.29 is 9.53 Å². The van der Waals surface area contributed by atoms with E-state index in [4.69, 9.17) is 4.74 Å². The van der Waals surface area contributed by atoms with E-state index in [2.05, 4.69) is 31.0 Å². The van der Waals surface area contributed by atoms with Gasteiger partial charge in [0, 0.05) is 5.69 Å². The number of tetrazole rings is 1. The molecule has 27 heavy (non-hydrogen) atoms. The summed E-state index contributed by atoms with van der Waals surface area (Å²) in [5, 5.41) is 24.4. The summed E-state index contributed by atoms with van der Waals surface area (Å²) in [5.74, 6) is 0.957. The van der Waals surface area contributed by atoms with Crippen LogP contribution in [0.4, 0.5) is 5.69 Å². The molecule has 0 saturated heterocycles. The molecule has 1 amide bonds. The van der Waals surface area contributed by atoms with Crippen LogP contribution in [0, 0.1) is 0 Å². The summed E-state index contributed by atoms with van der Waals surface area (Å²) in [6, 6.07) is 7.08. The van der Waals surface area contributed by atoms with Gasteiger partial charge in [-0.3, -0.25) is 4.79 Å². The van der Waals surface area contributed by atoms with Crippen molar-refractivity contribution in [2.75, 3.05) is 12.4 Å². The highest BCUT2D eigenvalue weighted by atomic mass is 32.2. The molecule has 0 radical (unpaired) electrons. The molecule has 3 aromatic rings. The van der Waals surface area contributed by atoms with E-state index < -0.39 is 0 Å². The fourth-order valence-electron chi connectivity index (χ4n) is 2.08. The number of rotatable bonds is 6. The molecule has 2 heterocycles. The van der Waals surface area contributed by atoms with Crippen molar-refractivity contribution in [2.24, 2.45) is 0 Å². The molecule has 0 spiro atoms. The Balaban J connectivity index is 1.61. The van der Waals surface area contributed by atoms with Crippen molar-refractivity contribution in [2.45, 2.75) is 37.2 Å². The Hall–Kier alpha value is -2.53. The van der Waals surface area contributed by atoms with Crippen LogP contribution in [0.25, 0.3) is 0 Å². The van der Waals surface area contributed by atoms with Gasteiger partial charge >= 0.3 is 0 Å². The first-order valence-electron chi connectivity index (χ1n) is 8.06. The van der Waals surface area contributed by atoms with E-state index in [0.717, 1.165) is 10.8 Å². The van der Waals surface area contributed by atoms with Gasteiger partial charge in [0.25, 0.3) is 5.91 Å². The van der Waals surface area contributed by atoms with Gasteiger partial charge in [0.15, 0.2) is 0 Å². The first kappa shape index (κ1) is 19.2. The average Bonchev–Trinajstić information content (AvgIpc) is 3.29. The van der Waals surface area contributed by atoms with E-state index in [1.165, 1.54) is 23.1 Å². The van der Waals surface area contributed by atoms with Crippen molar-refractivity contribution in [3.8, 4) is 5.75 Å². The molecule has 3 rings (SSSR count). The minimum Gasteiger partial charge on any atom is -0.497 e. The van der Waals surface area contributed by atoms with Crippen molar-refractivity contribution >= 4 is 34.7 Å². The Morgan fingerprint density at radius 2 is 1.96 bits per heavy atom. The Morgan fingerprint density at radius 3 is 2.63 bits per heavy atom. The summed E-state index contributed by atoms with van der Waals surface area (Å²) in [6.45, 7) is 6.08. The number of methoxy groups -OCH3 is 1. The van der Waals surface area contributed by atoms with Crippen LogP contribution in [-0.2, 0) is 11.3 Å². The molecule has 0 fully saturated rings. The molecule has 142 valence electrons. The van der Waals surface area contributed by atoms with E-state index in [9.17, 15) is 4.79 Å². The summed E-state index contributed by atoms with van der Waals surface area (Å²) in [4.78, 5) is 12.3. The largest absolute Gasteiger partial charge is 0.497 e. The number of hydrogen-bond acceptors (Lipinski definition) is 9. The summed E-state index contributed by atoms with van der Waals surface area (Å²) < 4.78 is 6.86. The summed E-state index contributed by atoms with van der Waals surface area (Å²) in [6.07, 6.45) is 0. The highest BCUT2D eigenvalue weighted by Gasteiger charge is 2.21. The highest BCUT2D eigenvalue weighted by Crippen LogP contribution is 2.26. The van der Waals surface area contributed by atoms with Gasteiger partial charge in [-0.2, -0.15) is 0 Å². The summed E-state index contributed by atoms with van der Waals surface area (Å²) in [7, 11) is 1.59. The third-order valence-corrected chi connectivity index (χ3v) is 5.45. The number of hydrogen-bond donors (Lipinski definition) is 1. The maximum absolute atomic E-state index is 12.3. The lowest BCUT2D eigenvalue weighted by Gasteiger charge is -2.19. The van der Waals surface area contributed by atoms with Crippen molar-refractivity contribution in [1.82, 2.24) is 30.4 Å². The lowest BCUT2D eigenvalue weighted by Crippen LogP contribution is -2.24. The molecule has 0 aliphatic heterocycles. The minimum atomic E-state index is -0.298. The van der Waals surface area contributed by atoms with Crippen LogP contribution in [0.3, 0.4) is 0 Å². The lowest BCUT2D eigenvalue weighted by molar-refractivity contribution is 0.102. The molecule has 1 N–H and O–H groups in total. The van der Waals surface area contributed by atoms with E-state index in [1.807, 2.05) is 20.8 Å². The van der Waals surface area contributed by atoms with Crippen LogP contribution < -0.4 is 10.1 Å². The molecular formula is C16H19N7O2S2. The predicted octanol–water partition coefficient (Wildman–Crippen LogP) is 2.83. The number of nitrogens with zero attached hydrogens (tertiary/aromatic N) is 6. The number of carbonyl (C=O) groups is 1. The molecule has 0 atom stereocenters. The van der Waals surface area contributed by atoms with Gasteiger partial charge in [0.1, 0.15) is 10.8 Å². The number of carbonyl (C=O) groups excluding carboxylic acids is 1. The zero-order valence-electron chi connectivity index (χ0n) is 15.3. The van der Waals surface area contributed by atoms with Gasteiger partial charge in [-0.15, -0.1) is 15.3 Å². The molecule has 0 unspecified atom stereocenters. The van der Waals surface area contributed by atoms with Crippen LogP contribution in [0.1, 0.15) is 35.6 Å². The van der Waals surface area contributed by atoms with Gasteiger partial charge in [-0.25, -0.2) is 4.68 Å². The number of aromatic nitrogens is 6. The zero-order valence-corrected chi connectivity index (χ0v) is 17.0. The topological polar surface area (TPSA) is 108 Å². The Labute approximate surface area is 164 Å². The number of amides is 1. The minimum absolute atomic E-state index is 0.212. The number of ether oxygens (including phenoxy) is 1. The van der Waals surface area contributed by atoms with Crippen LogP contribution >= 0.6 is 23.1 Å². The molecule has 11 heteroatoms. The molecule has 2 aromatic heterocycles. The van der Waals surface area contributed by atoms with E-state index in [0.29, 0.717) is 21.6 Å². The molecule has 0 aliphatic carbocycles. The fraction of sp³-hybridized carbons (Fsp3) is 0.375. The Bertz CT molecular complexity index is 915. The normalized spacial score (nSPS) is 11.4. The zero-order chi connectivity index (χ0) is 19.4. The summed E-state index contributed by atoms with van der Waals surface area (Å²) >= 11 is 2.70. The van der Waals surface area contributed by atoms with Crippen molar-refractivity contribution in [1.29, 1.82) is 0 Å². The van der Waals surface area contributed by atoms with Crippen LogP contribution in [-0.4, -0.2) is 43.4 Å². The van der Waals surface area contributed by atoms with Crippen molar-refractivity contribution in [3.05, 3.63) is 34.3 Å². The molecular weight excluding hydrogens is 386 g/mol. The first-order chi connectivity index (χ1) is 12.9. The number of nitrogens with one attached hydrogen (secondary N) is 1. The monoisotopic (exact) mass is 405 g/mol. The second kappa shape index (κ2) is 8.01. The molecule has 0 aliphatic rings. The third kappa shape index (κ3) is 4.80. The van der Waals surface area contributed by atoms with Crippen molar-refractivity contribution in [3.63, 3.8) is 0 Å². The highest BCUT2D eigenvalue weighted by molar-refractivity contribution is 7.98. The second-order valence-corrected chi connectivity index (χ2v) is 8.52. The number of anilines is 1. The van der Waals surface area contributed by atoms with Crippen LogP contribution in [0.5, 0.6) is 5.75 Å². The average molecular weight is 406 g/mol. The molecule has 0 bridgehead atoms. The van der Waals surface area contributed by atoms with Gasteiger partial charge < -0.3 is 10.1 Å². The van der Waals surface area contributed by atoms with Crippen LogP contribution in [0.2, 0.25) is 0 Å². The Morgan fingerprint density at radius 1 is 1.22 bits per heavy atom. The third-order valence-electron chi connectivity index (χ3n) is 3.41. The van der Waals surface area contributed by atoms with Gasteiger partial charge in [-0.1, -0.05) is 23.1 Å². The second-order valence-electron chi connectivity index (χ2n) is 6.52. The number of benzene rings is 1. The maximum atomic E-state index is 12.3. The molecule has 9 nitrogen and oxygen atoms in total. The Kier molecular flexibility index (Phi) is 5.71. The SMILES string of the molecule is COc1ccc(NC(=O)c2nnc(CSc3nnnn3C(C)(C)C)s2)cc1. The summed E-state index contributed by atoms with van der Waals surface area (Å²) in [5.41, 5.74) is 0.451. The van der Waals surface area contributed by atoms with Crippen LogP contribution in [0.15, 0.2) is 29.4 Å². The number of thioether (sulfide) groups is 1. The van der Waals surface area contributed by atoms with E-state index in [1.54, 1.807) is 36.1 Å². The fourth-order valence-corrected chi connectivity index (χ4v) is 3.86. The van der Waals surface area contributed by atoms with Gasteiger partial charge in [0.2, 0.25) is 10.2 Å². The maximum Gasteiger partial charge on any atom is 0.286 e. The van der Waals surface area contributed by atoms with E-state index >= 15 is 0 Å². The standard InChI is InChI=1S/C16H19N7O2S2/c1-16(2,3)23-15(20-21-22-23)26-9-12-18-19-14(27-12)13(24)17-10-5-7-11(25-4)8-6-10/h5-8H,9H2,1-4H3,(H,17,24). The smallest absolute Gasteiger partial charge is 0.286 e. The predicted molar refractivity (Wildman–Crippen MR) is 103 cm³/mol. The first-order valence-corrected chi connectivity index (χ1v) is 9.86. The van der Waals surface area contributed by atoms with E-state index in [-0.39, 0.29) is 11.4 Å². The molecule has 1 aromatic carbocycles. The quantitative estimate of drug-likeness (QED) is 0.624.